The summed E-state index contributed by atoms with van der Waals surface area (Å²) in [5.41, 5.74) is 5.30. The van der Waals surface area contributed by atoms with Gasteiger partial charge in [-0.3, -0.25) is 52.7 Å². The van der Waals surface area contributed by atoms with Crippen molar-refractivity contribution in [1.29, 1.82) is 0 Å². The number of esters is 1. The van der Waals surface area contributed by atoms with Crippen LogP contribution in [-0.2, 0) is 70.4 Å². The van der Waals surface area contributed by atoms with Crippen LogP contribution in [0.2, 0.25) is 0 Å². The van der Waals surface area contributed by atoms with E-state index in [-0.39, 0.29) is 95.5 Å². The number of alkyl halides is 6. The molecule has 1 unspecified atom stereocenters. The highest BCUT2D eigenvalue weighted by molar-refractivity contribution is 6.03. The highest BCUT2D eigenvalue weighted by atomic mass is 19.4. The third-order valence-corrected chi connectivity index (χ3v) is 24.4. The molecule has 138 heavy (non-hydrogen) atoms. The number of anilines is 1. The van der Waals surface area contributed by atoms with Crippen molar-refractivity contribution in [3.63, 3.8) is 0 Å². The average molecular weight is 1910 g/mol. The molecule has 8 heterocycles. The normalized spacial score (nSPS) is 15.9. The van der Waals surface area contributed by atoms with E-state index in [0.717, 1.165) is 102 Å². The molecule has 5 aliphatic rings. The summed E-state index contributed by atoms with van der Waals surface area (Å²) in [6.07, 6.45) is -2.37. The molecule has 0 bridgehead atoms. The number of carbonyl (C=O) groups is 12. The van der Waals surface area contributed by atoms with Crippen molar-refractivity contribution in [3.8, 4) is 5.75 Å². The van der Waals surface area contributed by atoms with Gasteiger partial charge in [0.15, 0.2) is 41.0 Å². The Hall–Kier alpha value is -15.7. The van der Waals surface area contributed by atoms with E-state index in [1.807, 2.05) is 19.9 Å². The molecular formula is C95H86F10N18O15. The van der Waals surface area contributed by atoms with Gasteiger partial charge in [0, 0.05) is 61.6 Å². The predicted molar refractivity (Wildman–Crippen MR) is 469 cm³/mol. The number of halogens is 10. The Bertz CT molecular complexity index is 7000. The third kappa shape index (κ3) is 20.7. The molecule has 9 amide bonds. The molecule has 3 aliphatic carbocycles. The Morgan fingerprint density at radius 3 is 1.44 bits per heavy atom. The fourth-order valence-corrected chi connectivity index (χ4v) is 17.2. The van der Waals surface area contributed by atoms with Gasteiger partial charge in [0.25, 0.3) is 53.2 Å². The molecule has 9 N–H and O–H groups in total. The Labute approximate surface area is 776 Å². The molecule has 1 fully saturated rings. The Morgan fingerprint density at radius 2 is 0.964 bits per heavy atom. The molecule has 1 saturated heterocycles. The lowest BCUT2D eigenvalue weighted by atomic mass is 9.96. The zero-order chi connectivity index (χ0) is 98.8. The lowest BCUT2D eigenvalue weighted by Gasteiger charge is -2.24. The molecule has 0 saturated carbocycles. The monoisotopic (exact) mass is 1910 g/mol. The van der Waals surface area contributed by atoms with Crippen LogP contribution in [0, 0.1) is 44.0 Å². The topological polar surface area (TPSA) is 434 Å². The fraction of sp³-hybridized carbons (Fsp3) is 0.305. The van der Waals surface area contributed by atoms with Gasteiger partial charge in [0.05, 0.1) is 77.8 Å². The van der Waals surface area contributed by atoms with Gasteiger partial charge in [0.1, 0.15) is 63.9 Å². The molecule has 33 nitrogen and oxygen atoms in total. The second-order valence-corrected chi connectivity index (χ2v) is 33.4. The average Bonchev–Trinajstić information content (AvgIpc) is 1.62. The van der Waals surface area contributed by atoms with Gasteiger partial charge in [0.2, 0.25) is 0 Å². The number of rotatable bonds is 24. The van der Waals surface area contributed by atoms with E-state index in [2.05, 4.69) is 72.8 Å². The number of likely N-dealkylation sites (tertiary alicyclic amines) is 1. The van der Waals surface area contributed by atoms with Crippen LogP contribution in [0.1, 0.15) is 249 Å². The van der Waals surface area contributed by atoms with Gasteiger partial charge in [-0.25, -0.2) is 50.9 Å². The number of carbonyl (C=O) groups excluding carboxylic acids is 12. The van der Waals surface area contributed by atoms with Crippen molar-refractivity contribution in [1.82, 2.24) is 85.9 Å². The number of Topliss-reactive ketones (excluding diaryl/α,β-unsaturated/α-hetero) is 2. The van der Waals surface area contributed by atoms with Crippen molar-refractivity contribution in [2.45, 2.75) is 162 Å². The van der Waals surface area contributed by atoms with Crippen LogP contribution in [0.3, 0.4) is 0 Å². The zero-order valence-electron chi connectivity index (χ0n) is 74.3. The van der Waals surface area contributed by atoms with Gasteiger partial charge < -0.3 is 62.0 Å². The number of hydrogen-bond donors (Lipinski definition) is 9. The number of aromatic nitrogens is 9. The van der Waals surface area contributed by atoms with E-state index in [4.69, 9.17) is 9.47 Å². The number of ketones is 2. The summed E-state index contributed by atoms with van der Waals surface area (Å²) in [5.74, 6) is -9.96. The number of amides is 9. The Kier molecular flexibility index (Phi) is 28.1. The first-order chi connectivity index (χ1) is 65.7. The van der Waals surface area contributed by atoms with Crippen LogP contribution in [0.15, 0.2) is 134 Å². The highest BCUT2D eigenvalue weighted by Gasteiger charge is 2.40. The summed E-state index contributed by atoms with van der Waals surface area (Å²) in [6, 6.07) is 23.4. The van der Waals surface area contributed by atoms with E-state index >= 15 is 0 Å². The minimum atomic E-state index is -4.94. The van der Waals surface area contributed by atoms with E-state index in [0.29, 0.717) is 122 Å². The lowest BCUT2D eigenvalue weighted by molar-refractivity contribution is -0.140. The minimum Gasteiger partial charge on any atom is -0.482 e. The first-order valence-corrected chi connectivity index (χ1v) is 43.5. The van der Waals surface area contributed by atoms with Crippen molar-refractivity contribution in [2.75, 3.05) is 31.6 Å². The van der Waals surface area contributed by atoms with Crippen LogP contribution in [0.5, 0.6) is 5.75 Å². The molecule has 6 aromatic heterocycles. The third-order valence-electron chi connectivity index (χ3n) is 24.4. The Morgan fingerprint density at radius 1 is 0.514 bits per heavy atom. The van der Waals surface area contributed by atoms with Crippen LogP contribution >= 0.6 is 0 Å². The van der Waals surface area contributed by atoms with E-state index in [1.165, 1.54) is 30.6 Å². The summed E-state index contributed by atoms with van der Waals surface area (Å²) in [6.45, 7) is 9.66. The van der Waals surface area contributed by atoms with Gasteiger partial charge in [-0.15, -0.1) is 0 Å². The first kappa shape index (κ1) is 96.8. The molecule has 2 aliphatic heterocycles. The van der Waals surface area contributed by atoms with Crippen molar-refractivity contribution < 1.29 is 116 Å². The van der Waals surface area contributed by atoms with E-state index in [9.17, 15) is 107 Å². The summed E-state index contributed by atoms with van der Waals surface area (Å²) < 4.78 is 149. The Balaban J connectivity index is 0.000000157. The number of fused-ring (bicyclic) bond motifs is 7. The molecule has 17 rings (SSSR count). The molecule has 6 aromatic carbocycles. The number of aliphatic hydroxyl groups is 1. The second kappa shape index (κ2) is 40.1. The fourth-order valence-electron chi connectivity index (χ4n) is 17.2. The van der Waals surface area contributed by atoms with Gasteiger partial charge in [-0.2, -0.15) is 41.6 Å². The van der Waals surface area contributed by atoms with Gasteiger partial charge in [-0.05, 0) is 214 Å². The number of aliphatic hydroxyl groups excluding tert-OH is 1. The van der Waals surface area contributed by atoms with Crippen LogP contribution in [0.4, 0.5) is 49.6 Å². The lowest BCUT2D eigenvalue weighted by Crippen LogP contribution is -2.39. The summed E-state index contributed by atoms with van der Waals surface area (Å²) in [4.78, 5) is 167. The van der Waals surface area contributed by atoms with Gasteiger partial charge >= 0.3 is 18.3 Å². The zero-order valence-corrected chi connectivity index (χ0v) is 74.3. The second-order valence-electron chi connectivity index (χ2n) is 33.4. The van der Waals surface area contributed by atoms with E-state index in [1.54, 1.807) is 73.3 Å². The van der Waals surface area contributed by atoms with Crippen molar-refractivity contribution in [2.24, 2.45) is 0 Å². The van der Waals surface area contributed by atoms with Crippen LogP contribution in [-0.4, -0.2) is 163 Å². The maximum absolute atomic E-state index is 14.6. The maximum atomic E-state index is 14.6. The molecule has 0 spiro atoms. The predicted octanol–water partition coefficient (Wildman–Crippen LogP) is 11.5. The number of hydrogen-bond acceptors (Lipinski definition) is 21. The van der Waals surface area contributed by atoms with Crippen LogP contribution < -0.4 is 47.3 Å². The summed E-state index contributed by atoms with van der Waals surface area (Å²) in [7, 11) is 0. The molecule has 5 atom stereocenters. The number of benzene rings is 6. The minimum absolute atomic E-state index is 0.0367. The molecular weight excluding hydrogens is 1820 g/mol. The molecule has 0 radical (unpaired) electrons. The molecule has 716 valence electrons. The highest BCUT2D eigenvalue weighted by Crippen LogP contribution is 2.41. The maximum Gasteiger partial charge on any atom is 0.419 e. The van der Waals surface area contributed by atoms with Crippen LogP contribution in [0.25, 0.3) is 16.9 Å². The first-order valence-electron chi connectivity index (χ1n) is 43.5. The molecule has 12 aromatic rings. The number of nitrogens with zero attached hydrogens (tertiary/aromatic N) is 10. The standard InChI is InChI=1S/C33H29F5N6O4.C31H28F5N5O5.C31H29N7O6/c1-16-19-8-10-25(21(19)7-6-20(16)32(48)43-11-3-4-27(43)17(2)45)42-31(47)28-13-26(41-29-24(35)15-40-44(28)29)30(46)39-14-18-5-9-23(34)22(12-18)33(36,37)38;1-3-17(42)14-46-30(45)19-5-6-20-18(15(19)2)7-9-24(20)40-29(44)26-11-25(39-27-23(33)13-38-41(26)27)28(43)37-12-16-4-8-22(32)21(10-16)31(34,35)36;1-16(39)13-32-29(41)20-4-5-21-19(17(20)2)6-7-22(21)37-31(43)25-12-24(35-27-9-10-34-38(25)27)30(42)33-14-18-3-8-26-23(11-18)36-28(40)15-44-26/h5-7,9,12-13,15,25,27H,3-4,8,10-11,14H2,1-2H3,(H,39,46)(H,42,47);4-6,8,10-11,13,17,24,42H,3,7,9,12,14H2,1-2H3,(H,37,43)(H,40,44);3-5,8-12,22H,6-7,13-15H2,1-2H3,(H,32,41)(H,33,42)(H,36,40)(H,37,43)/t25-,27-;17?,24-;22-/m000/s1. The van der Waals surface area contributed by atoms with Gasteiger partial charge in [-0.1, -0.05) is 43.3 Å². The summed E-state index contributed by atoms with van der Waals surface area (Å²) in [5, 5.41) is 43.3. The smallest absolute Gasteiger partial charge is 0.419 e. The molecule has 43 heteroatoms. The number of nitrogens with one attached hydrogen (secondary N) is 8. The van der Waals surface area contributed by atoms with Crippen molar-refractivity contribution in [3.05, 3.63) is 286 Å². The SMILES string of the molecule is CC(=O)CNC(=O)c1ccc2c(c1C)CC[C@@H]2NC(=O)c1cc(C(=O)NCc2ccc3c(c2)NC(=O)CO3)nc2ccnn12.CC(=O)[C@@H]1CCCN1C(=O)c1ccc2c(c1C)CC[C@@H]2NC(=O)c1cc(C(=O)NCc2ccc(F)c(C(F)(F)F)c2)nc2c(F)cnn12.CCC(O)COC(=O)c1ccc2c(c1C)CC[C@@H]2NC(=O)c1cc(C(=O)NCc2ccc(F)c(C(F)(F)F)c2)nc2c(F)cnn12. The van der Waals surface area contributed by atoms with E-state index < -0.39 is 148 Å². The number of ether oxygens (including phenoxy) is 2. The largest absolute Gasteiger partial charge is 0.482 e. The van der Waals surface area contributed by atoms with Crippen molar-refractivity contribution >= 4 is 93.3 Å². The quantitative estimate of drug-likeness (QED) is 0.0200. The summed E-state index contributed by atoms with van der Waals surface area (Å²) >= 11 is 0.